The average molecular weight is 273 g/mol. The summed E-state index contributed by atoms with van der Waals surface area (Å²) in [4.78, 5) is 7.71. The van der Waals surface area contributed by atoms with Crippen molar-refractivity contribution >= 4 is 23.2 Å². The summed E-state index contributed by atoms with van der Waals surface area (Å²) < 4.78 is 18.6. The number of ether oxygens (including phenoxy) is 1. The molecule has 0 aliphatic carbocycles. The zero-order valence-corrected chi connectivity index (χ0v) is 10.3. The van der Waals surface area contributed by atoms with Gasteiger partial charge in [0, 0.05) is 11.6 Å². The first-order valence-corrected chi connectivity index (χ1v) is 5.43. The van der Waals surface area contributed by atoms with Crippen LogP contribution in [0.25, 0.3) is 0 Å². The molecule has 0 fully saturated rings. The number of benzene rings is 1. The average Bonchev–Trinajstić information content (AvgIpc) is 2.30. The first-order chi connectivity index (χ1) is 8.08. The molecule has 0 N–H and O–H groups in total. The van der Waals surface area contributed by atoms with E-state index in [2.05, 4.69) is 9.97 Å². The molecule has 0 amide bonds. The van der Waals surface area contributed by atoms with Crippen LogP contribution < -0.4 is 4.74 Å². The number of nitrogens with zero attached hydrogens (tertiary/aromatic N) is 2. The van der Waals surface area contributed by atoms with E-state index in [0.717, 1.165) is 0 Å². The Hall–Kier alpha value is -1.39. The van der Waals surface area contributed by atoms with Crippen LogP contribution in [0.1, 0.15) is 5.56 Å². The smallest absolute Gasteiger partial charge is 0.226 e. The van der Waals surface area contributed by atoms with E-state index in [4.69, 9.17) is 27.9 Å². The monoisotopic (exact) mass is 272 g/mol. The number of aromatic nitrogens is 2. The van der Waals surface area contributed by atoms with Crippen molar-refractivity contribution in [3.8, 4) is 11.6 Å². The number of hydrogen-bond acceptors (Lipinski definition) is 3. The predicted octanol–water partition coefficient (Wildman–Crippen LogP) is 4.02. The largest absolute Gasteiger partial charge is 0.438 e. The molecule has 0 spiro atoms. The third-order valence-electron chi connectivity index (χ3n) is 2.08. The summed E-state index contributed by atoms with van der Waals surface area (Å²) in [5.41, 5.74) is 0.588. The maximum Gasteiger partial charge on any atom is 0.226 e. The minimum atomic E-state index is -0.554. The van der Waals surface area contributed by atoms with Crippen LogP contribution in [0.2, 0.25) is 10.2 Å². The summed E-state index contributed by atoms with van der Waals surface area (Å²) >= 11 is 11.4. The Kier molecular flexibility index (Phi) is 3.45. The molecule has 2 aromatic rings. The van der Waals surface area contributed by atoms with Crippen LogP contribution in [0.15, 0.2) is 24.5 Å². The fourth-order valence-corrected chi connectivity index (χ4v) is 1.41. The molecule has 0 unspecified atom stereocenters. The highest BCUT2D eigenvalue weighted by atomic mass is 35.5. The lowest BCUT2D eigenvalue weighted by Crippen LogP contribution is -1.94. The number of halogens is 3. The van der Waals surface area contributed by atoms with Crippen molar-refractivity contribution in [3.05, 3.63) is 46.1 Å². The topological polar surface area (TPSA) is 35.0 Å². The van der Waals surface area contributed by atoms with Crippen molar-refractivity contribution in [1.29, 1.82) is 0 Å². The Morgan fingerprint density at radius 1 is 1.24 bits per heavy atom. The van der Waals surface area contributed by atoms with Gasteiger partial charge in [0.15, 0.2) is 0 Å². The lowest BCUT2D eigenvalue weighted by molar-refractivity contribution is 0.453. The second kappa shape index (κ2) is 4.85. The predicted molar refractivity (Wildman–Crippen MR) is 63.3 cm³/mol. The van der Waals surface area contributed by atoms with Crippen LogP contribution >= 0.6 is 23.2 Å². The van der Waals surface area contributed by atoms with E-state index in [1.54, 1.807) is 13.0 Å². The second-order valence-electron chi connectivity index (χ2n) is 3.27. The molecule has 1 heterocycles. The van der Waals surface area contributed by atoms with E-state index < -0.39 is 5.82 Å². The van der Waals surface area contributed by atoms with Crippen molar-refractivity contribution in [2.24, 2.45) is 0 Å². The third kappa shape index (κ3) is 2.65. The molecule has 17 heavy (non-hydrogen) atoms. The number of hydrogen-bond donors (Lipinski definition) is 0. The first-order valence-electron chi connectivity index (χ1n) is 4.68. The van der Waals surface area contributed by atoms with Gasteiger partial charge in [0.2, 0.25) is 5.88 Å². The SMILES string of the molecule is Cc1c(Cl)ncnc1Oc1ccc(Cl)c(F)c1. The summed E-state index contributed by atoms with van der Waals surface area (Å²) in [6, 6.07) is 4.13. The fourth-order valence-electron chi connectivity index (χ4n) is 1.17. The summed E-state index contributed by atoms with van der Waals surface area (Å²) in [6.45, 7) is 1.71. The van der Waals surface area contributed by atoms with E-state index in [0.29, 0.717) is 16.5 Å². The lowest BCUT2D eigenvalue weighted by Gasteiger charge is -2.07. The van der Waals surface area contributed by atoms with Crippen LogP contribution in [0.3, 0.4) is 0 Å². The molecular formula is C11H7Cl2FN2O. The third-order valence-corrected chi connectivity index (χ3v) is 2.77. The molecule has 1 aromatic carbocycles. The highest BCUT2D eigenvalue weighted by molar-refractivity contribution is 6.30. The van der Waals surface area contributed by atoms with Crippen molar-refractivity contribution in [3.63, 3.8) is 0 Å². The Morgan fingerprint density at radius 3 is 2.71 bits per heavy atom. The van der Waals surface area contributed by atoms with Gasteiger partial charge in [0.05, 0.1) is 5.02 Å². The Bertz CT molecular complexity index is 563. The second-order valence-corrected chi connectivity index (χ2v) is 4.04. The molecule has 0 radical (unpaired) electrons. The van der Waals surface area contributed by atoms with Gasteiger partial charge in [-0.2, -0.15) is 0 Å². The zero-order chi connectivity index (χ0) is 12.4. The summed E-state index contributed by atoms with van der Waals surface area (Å²) in [7, 11) is 0. The minimum absolute atomic E-state index is 0.0368. The van der Waals surface area contributed by atoms with Crippen LogP contribution in [-0.2, 0) is 0 Å². The van der Waals surface area contributed by atoms with Gasteiger partial charge in [-0.05, 0) is 19.1 Å². The molecule has 0 bridgehead atoms. The molecule has 6 heteroatoms. The van der Waals surface area contributed by atoms with Crippen molar-refractivity contribution < 1.29 is 9.13 Å². The summed E-state index contributed by atoms with van der Waals surface area (Å²) in [5, 5.41) is 0.333. The summed E-state index contributed by atoms with van der Waals surface area (Å²) in [5.74, 6) is 0.0264. The van der Waals surface area contributed by atoms with Gasteiger partial charge in [-0.3, -0.25) is 0 Å². The van der Waals surface area contributed by atoms with Crippen LogP contribution in [0, 0.1) is 12.7 Å². The minimum Gasteiger partial charge on any atom is -0.438 e. The van der Waals surface area contributed by atoms with E-state index in [-0.39, 0.29) is 10.9 Å². The molecular weight excluding hydrogens is 266 g/mol. The standard InChI is InChI=1S/C11H7Cl2FN2O/c1-6-10(13)15-5-16-11(6)17-7-2-3-8(12)9(14)4-7/h2-5H,1H3. The Morgan fingerprint density at radius 2 is 2.00 bits per heavy atom. The number of rotatable bonds is 2. The van der Waals surface area contributed by atoms with Crippen LogP contribution in [0.5, 0.6) is 11.6 Å². The quantitative estimate of drug-likeness (QED) is 0.775. The highest BCUT2D eigenvalue weighted by Crippen LogP contribution is 2.27. The van der Waals surface area contributed by atoms with Crippen molar-refractivity contribution in [2.45, 2.75) is 6.92 Å². The van der Waals surface area contributed by atoms with Crippen LogP contribution in [0.4, 0.5) is 4.39 Å². The lowest BCUT2D eigenvalue weighted by atomic mass is 10.3. The van der Waals surface area contributed by atoms with Gasteiger partial charge < -0.3 is 4.74 Å². The van der Waals surface area contributed by atoms with E-state index in [1.807, 2.05) is 0 Å². The van der Waals surface area contributed by atoms with Gasteiger partial charge in [-0.1, -0.05) is 23.2 Å². The van der Waals surface area contributed by atoms with Crippen molar-refractivity contribution in [2.75, 3.05) is 0 Å². The molecule has 88 valence electrons. The van der Waals surface area contributed by atoms with Gasteiger partial charge >= 0.3 is 0 Å². The zero-order valence-electron chi connectivity index (χ0n) is 8.75. The molecule has 0 atom stereocenters. The normalized spacial score (nSPS) is 10.4. The molecule has 0 aliphatic rings. The molecule has 3 nitrogen and oxygen atoms in total. The van der Waals surface area contributed by atoms with Gasteiger partial charge in [0.1, 0.15) is 23.0 Å². The molecule has 2 rings (SSSR count). The molecule has 0 saturated heterocycles. The maximum absolute atomic E-state index is 13.2. The van der Waals surface area contributed by atoms with Gasteiger partial charge in [-0.25, -0.2) is 14.4 Å². The van der Waals surface area contributed by atoms with Gasteiger partial charge in [-0.15, -0.1) is 0 Å². The van der Waals surface area contributed by atoms with Crippen LogP contribution in [-0.4, -0.2) is 9.97 Å². The Labute approximate surface area is 107 Å². The molecule has 0 aliphatic heterocycles. The molecule has 0 saturated carbocycles. The highest BCUT2D eigenvalue weighted by Gasteiger charge is 2.08. The van der Waals surface area contributed by atoms with E-state index in [1.165, 1.54) is 18.5 Å². The van der Waals surface area contributed by atoms with Gasteiger partial charge in [0.25, 0.3) is 0 Å². The van der Waals surface area contributed by atoms with E-state index in [9.17, 15) is 4.39 Å². The van der Waals surface area contributed by atoms with E-state index >= 15 is 0 Å². The Balaban J connectivity index is 2.31. The maximum atomic E-state index is 13.2. The fraction of sp³-hybridized carbons (Fsp3) is 0.0909. The molecule has 1 aromatic heterocycles. The first kappa shape index (κ1) is 12.1. The summed E-state index contributed by atoms with van der Waals surface area (Å²) in [6.07, 6.45) is 1.27. The van der Waals surface area contributed by atoms with Crippen molar-refractivity contribution in [1.82, 2.24) is 9.97 Å².